The number of benzene rings is 1. The Hall–Kier alpha value is -2.86. The van der Waals surface area contributed by atoms with E-state index in [1.54, 1.807) is 12.1 Å². The van der Waals surface area contributed by atoms with Gasteiger partial charge in [0.2, 0.25) is 0 Å². The van der Waals surface area contributed by atoms with E-state index in [0.717, 1.165) is 18.2 Å². The summed E-state index contributed by atoms with van der Waals surface area (Å²) in [5.74, 6) is -1.18. The number of hydrogen-bond acceptors (Lipinski definition) is 6. The maximum atomic E-state index is 10.3. The van der Waals surface area contributed by atoms with Crippen molar-refractivity contribution in [3.05, 3.63) is 28.2 Å². The molecule has 0 aliphatic heterocycles. The number of nitrogens with zero attached hydrogens (tertiary/aromatic N) is 3. The molecule has 78 valence electrons. The lowest BCUT2D eigenvalue weighted by molar-refractivity contribution is 0.405. The fourth-order valence-corrected chi connectivity index (χ4v) is 1.03. The number of nitroso groups, excluding NO2 is 1. The summed E-state index contributed by atoms with van der Waals surface area (Å²) in [5.41, 5.74) is -0.327. The van der Waals surface area contributed by atoms with Crippen LogP contribution in [0.15, 0.2) is 22.9 Å². The molecule has 1 aromatic carbocycles. The average Bonchev–Trinajstić information content (AvgIpc) is 2.30. The van der Waals surface area contributed by atoms with Crippen molar-refractivity contribution < 1.29 is 10.2 Å². The number of nitriles is 2. The number of aromatic hydroxyl groups is 2. The Bertz CT molecular complexity index is 534. The van der Waals surface area contributed by atoms with E-state index < -0.39 is 11.5 Å². The van der Waals surface area contributed by atoms with Crippen LogP contribution < -0.4 is 0 Å². The van der Waals surface area contributed by atoms with Crippen LogP contribution in [-0.4, -0.2) is 10.2 Å². The average molecular weight is 215 g/mol. The molecule has 16 heavy (non-hydrogen) atoms. The van der Waals surface area contributed by atoms with Crippen molar-refractivity contribution in [1.29, 1.82) is 10.5 Å². The molecule has 0 radical (unpaired) electrons. The predicted molar refractivity (Wildman–Crippen MR) is 54.4 cm³/mol. The molecule has 0 aromatic heterocycles. The van der Waals surface area contributed by atoms with E-state index in [2.05, 4.69) is 5.18 Å². The maximum absolute atomic E-state index is 10.3. The first kappa shape index (κ1) is 11.2. The van der Waals surface area contributed by atoms with Crippen molar-refractivity contribution in [3.63, 3.8) is 0 Å². The van der Waals surface area contributed by atoms with Gasteiger partial charge in [0.05, 0.1) is 0 Å². The van der Waals surface area contributed by atoms with Crippen LogP contribution in [-0.2, 0) is 0 Å². The minimum absolute atomic E-state index is 0.193. The number of phenols is 2. The standard InChI is InChI=1S/C10H5N3O3/c11-4-7(5-12)1-6-2-8(13-16)10(15)9(14)3-6/h1-3,14-15H. The molecular weight excluding hydrogens is 210 g/mol. The Morgan fingerprint density at radius 1 is 1.31 bits per heavy atom. The van der Waals surface area contributed by atoms with Gasteiger partial charge < -0.3 is 10.2 Å². The van der Waals surface area contributed by atoms with Crippen LogP contribution in [0.2, 0.25) is 0 Å². The highest BCUT2D eigenvalue weighted by molar-refractivity contribution is 5.70. The van der Waals surface area contributed by atoms with Crippen molar-refractivity contribution in [2.45, 2.75) is 0 Å². The number of allylic oxidation sites excluding steroid dienone is 1. The lowest BCUT2D eigenvalue weighted by atomic mass is 10.1. The number of hydrogen-bond donors (Lipinski definition) is 2. The Kier molecular flexibility index (Phi) is 3.21. The van der Waals surface area contributed by atoms with Crippen LogP contribution in [0, 0.1) is 27.6 Å². The number of phenolic OH excluding ortho intramolecular Hbond substituents is 2. The SMILES string of the molecule is N#CC(C#N)=Cc1cc(O)c(O)c(N=O)c1. The monoisotopic (exact) mass is 215 g/mol. The van der Waals surface area contributed by atoms with Gasteiger partial charge in [0, 0.05) is 0 Å². The van der Waals surface area contributed by atoms with E-state index in [0.29, 0.717) is 0 Å². The van der Waals surface area contributed by atoms with Crippen LogP contribution in [0.1, 0.15) is 5.56 Å². The van der Waals surface area contributed by atoms with E-state index in [1.807, 2.05) is 0 Å². The molecule has 2 N–H and O–H groups in total. The Morgan fingerprint density at radius 2 is 1.94 bits per heavy atom. The highest BCUT2D eigenvalue weighted by atomic mass is 16.3. The molecule has 0 amide bonds. The smallest absolute Gasteiger partial charge is 0.187 e. The predicted octanol–water partition coefficient (Wildman–Crippen LogP) is 1.93. The van der Waals surface area contributed by atoms with Crippen LogP contribution in [0.4, 0.5) is 5.69 Å². The first-order valence-corrected chi connectivity index (χ1v) is 4.03. The Morgan fingerprint density at radius 3 is 2.44 bits per heavy atom. The zero-order valence-electron chi connectivity index (χ0n) is 7.88. The second-order valence-corrected chi connectivity index (χ2v) is 2.78. The van der Waals surface area contributed by atoms with Crippen molar-refractivity contribution in [1.82, 2.24) is 0 Å². The van der Waals surface area contributed by atoms with E-state index in [1.165, 1.54) is 0 Å². The zero-order chi connectivity index (χ0) is 12.1. The van der Waals surface area contributed by atoms with Crippen LogP contribution in [0.3, 0.4) is 0 Å². The highest BCUT2D eigenvalue weighted by Gasteiger charge is 2.09. The van der Waals surface area contributed by atoms with Gasteiger partial charge in [0.1, 0.15) is 17.7 Å². The van der Waals surface area contributed by atoms with Crippen LogP contribution in [0.5, 0.6) is 11.5 Å². The molecule has 0 heterocycles. The van der Waals surface area contributed by atoms with E-state index >= 15 is 0 Å². The van der Waals surface area contributed by atoms with Gasteiger partial charge in [0.25, 0.3) is 0 Å². The zero-order valence-corrected chi connectivity index (χ0v) is 7.88. The molecule has 0 saturated heterocycles. The first-order chi connectivity index (χ1) is 7.62. The van der Waals surface area contributed by atoms with Gasteiger partial charge >= 0.3 is 0 Å². The van der Waals surface area contributed by atoms with Crippen molar-refractivity contribution in [3.8, 4) is 23.6 Å². The molecule has 0 fully saturated rings. The third kappa shape index (κ3) is 2.14. The van der Waals surface area contributed by atoms with E-state index in [4.69, 9.17) is 10.5 Å². The summed E-state index contributed by atoms with van der Waals surface area (Å²) < 4.78 is 0. The van der Waals surface area contributed by atoms with Gasteiger partial charge in [-0.3, -0.25) is 0 Å². The molecule has 0 atom stereocenters. The molecule has 0 unspecified atom stereocenters. The summed E-state index contributed by atoms with van der Waals surface area (Å²) in [4.78, 5) is 10.3. The summed E-state index contributed by atoms with van der Waals surface area (Å²) in [5, 5.41) is 37.9. The van der Waals surface area contributed by atoms with Gasteiger partial charge in [-0.1, -0.05) is 0 Å². The molecule has 1 aromatic rings. The molecule has 0 spiro atoms. The van der Waals surface area contributed by atoms with E-state index in [-0.39, 0.29) is 16.8 Å². The Balaban J connectivity index is 3.35. The van der Waals surface area contributed by atoms with E-state index in [9.17, 15) is 15.1 Å². The molecule has 0 saturated carbocycles. The summed E-state index contributed by atoms with van der Waals surface area (Å²) in [6.07, 6.45) is 1.16. The normalized spacial score (nSPS) is 8.62. The Labute approximate surface area is 90.3 Å². The molecule has 0 aliphatic carbocycles. The lowest BCUT2D eigenvalue weighted by Crippen LogP contribution is -1.78. The van der Waals surface area contributed by atoms with Crippen LogP contribution >= 0.6 is 0 Å². The van der Waals surface area contributed by atoms with Gasteiger partial charge in [-0.25, -0.2) is 0 Å². The molecule has 6 heteroatoms. The van der Waals surface area contributed by atoms with Crippen molar-refractivity contribution in [2.24, 2.45) is 5.18 Å². The molecular formula is C10H5N3O3. The largest absolute Gasteiger partial charge is 0.504 e. The molecule has 6 nitrogen and oxygen atoms in total. The summed E-state index contributed by atoms with van der Waals surface area (Å²) in [7, 11) is 0. The second-order valence-electron chi connectivity index (χ2n) is 2.78. The minimum Gasteiger partial charge on any atom is -0.504 e. The van der Waals surface area contributed by atoms with Crippen molar-refractivity contribution in [2.75, 3.05) is 0 Å². The highest BCUT2D eigenvalue weighted by Crippen LogP contribution is 2.36. The fourth-order valence-electron chi connectivity index (χ4n) is 1.03. The lowest BCUT2D eigenvalue weighted by Gasteiger charge is -2.01. The van der Waals surface area contributed by atoms with Crippen LogP contribution in [0.25, 0.3) is 6.08 Å². The fraction of sp³-hybridized carbons (Fsp3) is 0. The second kappa shape index (κ2) is 4.58. The van der Waals surface area contributed by atoms with Gasteiger partial charge in [-0.2, -0.15) is 10.5 Å². The molecule has 0 bridgehead atoms. The summed E-state index contributed by atoms with van der Waals surface area (Å²) >= 11 is 0. The third-order valence-electron chi connectivity index (χ3n) is 1.74. The molecule has 0 aliphatic rings. The number of rotatable bonds is 2. The third-order valence-corrected chi connectivity index (χ3v) is 1.74. The first-order valence-electron chi connectivity index (χ1n) is 4.03. The van der Waals surface area contributed by atoms with Gasteiger partial charge in [-0.15, -0.1) is 4.91 Å². The van der Waals surface area contributed by atoms with Gasteiger partial charge in [-0.05, 0) is 28.9 Å². The molecule has 1 rings (SSSR count). The quantitative estimate of drug-likeness (QED) is 0.444. The maximum Gasteiger partial charge on any atom is 0.187 e. The van der Waals surface area contributed by atoms with Crippen molar-refractivity contribution >= 4 is 11.8 Å². The summed E-state index contributed by atoms with van der Waals surface area (Å²) in [6, 6.07) is 5.50. The van der Waals surface area contributed by atoms with Gasteiger partial charge in [0.15, 0.2) is 17.2 Å². The summed E-state index contributed by atoms with van der Waals surface area (Å²) in [6.45, 7) is 0. The minimum atomic E-state index is -0.636. The topological polar surface area (TPSA) is 117 Å².